The Morgan fingerprint density at radius 2 is 2.00 bits per heavy atom. The molecule has 2 N–H and O–H groups in total. The number of halogens is 3. The molecule has 8 nitrogen and oxygen atoms in total. The SMILES string of the molecule is C=CC(=O)NCc1nn(-c2ccc(OC(F)(F)F)cc2)c2nccc(N3CC(O)C3)c12. The summed E-state index contributed by atoms with van der Waals surface area (Å²) in [7, 11) is 0. The van der Waals surface area contributed by atoms with E-state index < -0.39 is 12.5 Å². The number of carbonyl (C=O) groups excluding carboxylic acids is 1. The number of carbonyl (C=O) groups is 1. The summed E-state index contributed by atoms with van der Waals surface area (Å²) in [6.45, 7) is 4.42. The highest BCUT2D eigenvalue weighted by Gasteiger charge is 2.31. The van der Waals surface area contributed by atoms with Crippen molar-refractivity contribution in [2.75, 3.05) is 18.0 Å². The van der Waals surface area contributed by atoms with Gasteiger partial charge in [-0.15, -0.1) is 13.2 Å². The van der Waals surface area contributed by atoms with E-state index in [2.05, 4.69) is 26.7 Å². The van der Waals surface area contributed by atoms with Gasteiger partial charge in [0.25, 0.3) is 0 Å². The smallest absolute Gasteiger partial charge is 0.406 e. The van der Waals surface area contributed by atoms with Gasteiger partial charge >= 0.3 is 6.36 Å². The average molecular weight is 433 g/mol. The Morgan fingerprint density at radius 1 is 1.29 bits per heavy atom. The van der Waals surface area contributed by atoms with E-state index in [1.807, 2.05) is 4.90 Å². The highest BCUT2D eigenvalue weighted by Crippen LogP contribution is 2.33. The fourth-order valence-corrected chi connectivity index (χ4v) is 3.35. The number of fused-ring (bicyclic) bond motifs is 1. The van der Waals surface area contributed by atoms with Gasteiger partial charge in [0.15, 0.2) is 5.65 Å². The molecule has 0 saturated carbocycles. The van der Waals surface area contributed by atoms with Crippen LogP contribution in [0, 0.1) is 0 Å². The molecular weight excluding hydrogens is 415 g/mol. The number of nitrogens with one attached hydrogen (secondary N) is 1. The van der Waals surface area contributed by atoms with E-state index in [1.165, 1.54) is 28.9 Å². The zero-order valence-electron chi connectivity index (χ0n) is 16.1. The minimum Gasteiger partial charge on any atom is -0.406 e. The number of amides is 1. The first-order valence-electron chi connectivity index (χ1n) is 9.31. The highest BCUT2D eigenvalue weighted by molar-refractivity contribution is 5.94. The van der Waals surface area contributed by atoms with Crippen molar-refractivity contribution >= 4 is 22.6 Å². The highest BCUT2D eigenvalue weighted by atomic mass is 19.4. The molecule has 1 saturated heterocycles. The predicted molar refractivity (Wildman–Crippen MR) is 106 cm³/mol. The molecule has 162 valence electrons. The van der Waals surface area contributed by atoms with Crippen molar-refractivity contribution in [3.8, 4) is 11.4 Å². The quantitative estimate of drug-likeness (QED) is 0.580. The second kappa shape index (κ2) is 7.91. The van der Waals surface area contributed by atoms with E-state index >= 15 is 0 Å². The molecule has 1 aliphatic heterocycles. The lowest BCUT2D eigenvalue weighted by Crippen LogP contribution is -2.50. The predicted octanol–water partition coefficient (Wildman–Crippen LogP) is 2.30. The summed E-state index contributed by atoms with van der Waals surface area (Å²) in [6, 6.07) is 7.03. The minimum atomic E-state index is -4.78. The monoisotopic (exact) mass is 433 g/mol. The fraction of sp³-hybridized carbons (Fsp3) is 0.250. The number of pyridine rings is 1. The molecule has 3 heterocycles. The van der Waals surface area contributed by atoms with Crippen LogP contribution in [0.2, 0.25) is 0 Å². The van der Waals surface area contributed by atoms with Crippen LogP contribution in [0.3, 0.4) is 0 Å². The van der Waals surface area contributed by atoms with Gasteiger partial charge < -0.3 is 20.1 Å². The first kappa shape index (κ1) is 20.7. The van der Waals surface area contributed by atoms with E-state index in [0.717, 1.165) is 11.8 Å². The van der Waals surface area contributed by atoms with Crippen molar-refractivity contribution < 1.29 is 27.8 Å². The number of β-amino-alcohol motifs (C(OH)–C–C–N with tert-alkyl or cyclic N) is 1. The van der Waals surface area contributed by atoms with E-state index in [1.54, 1.807) is 12.3 Å². The summed E-state index contributed by atoms with van der Waals surface area (Å²) in [5.74, 6) is -0.726. The molecule has 31 heavy (non-hydrogen) atoms. The van der Waals surface area contributed by atoms with E-state index in [-0.39, 0.29) is 18.2 Å². The molecule has 4 rings (SSSR count). The van der Waals surface area contributed by atoms with Gasteiger partial charge in [0.2, 0.25) is 5.91 Å². The summed E-state index contributed by atoms with van der Waals surface area (Å²) < 4.78 is 42.7. The molecule has 11 heteroatoms. The molecule has 0 radical (unpaired) electrons. The van der Waals surface area contributed by atoms with Crippen LogP contribution in [0.1, 0.15) is 5.69 Å². The Morgan fingerprint density at radius 3 is 2.61 bits per heavy atom. The van der Waals surface area contributed by atoms with Gasteiger partial charge in [0.05, 0.1) is 35.1 Å². The normalized spacial score (nSPS) is 14.4. The van der Waals surface area contributed by atoms with Crippen molar-refractivity contribution in [2.24, 2.45) is 0 Å². The number of anilines is 1. The molecular formula is C20H18F3N5O3. The van der Waals surface area contributed by atoms with Gasteiger partial charge in [-0.05, 0) is 36.4 Å². The number of rotatable bonds is 6. The number of aliphatic hydroxyl groups is 1. The number of ether oxygens (including phenoxy) is 1. The molecule has 2 aromatic heterocycles. The Kier molecular flexibility index (Phi) is 5.27. The fourth-order valence-electron chi connectivity index (χ4n) is 3.35. The van der Waals surface area contributed by atoms with E-state index in [9.17, 15) is 23.1 Å². The van der Waals surface area contributed by atoms with Gasteiger partial charge in [-0.1, -0.05) is 6.58 Å². The second-order valence-electron chi connectivity index (χ2n) is 6.91. The Hall–Kier alpha value is -3.60. The van der Waals surface area contributed by atoms with Crippen molar-refractivity contribution in [3.63, 3.8) is 0 Å². The van der Waals surface area contributed by atoms with Crippen molar-refractivity contribution in [1.82, 2.24) is 20.1 Å². The van der Waals surface area contributed by atoms with Gasteiger partial charge in [-0.25, -0.2) is 9.67 Å². The zero-order valence-corrected chi connectivity index (χ0v) is 16.1. The van der Waals surface area contributed by atoms with Crippen LogP contribution in [-0.2, 0) is 11.3 Å². The summed E-state index contributed by atoms with van der Waals surface area (Å²) in [4.78, 5) is 18.0. The number of nitrogens with zero attached hydrogens (tertiary/aromatic N) is 4. The summed E-state index contributed by atoms with van der Waals surface area (Å²) in [5, 5.41) is 17.6. The second-order valence-corrected chi connectivity index (χ2v) is 6.91. The third-order valence-electron chi connectivity index (χ3n) is 4.75. The van der Waals surface area contributed by atoms with Crippen LogP contribution in [0.25, 0.3) is 16.7 Å². The molecule has 0 bridgehead atoms. The molecule has 1 aromatic carbocycles. The Bertz CT molecular complexity index is 1120. The zero-order chi connectivity index (χ0) is 22.2. The average Bonchev–Trinajstić information content (AvgIpc) is 3.08. The van der Waals surface area contributed by atoms with Crippen LogP contribution in [0.4, 0.5) is 18.9 Å². The topological polar surface area (TPSA) is 92.5 Å². The lowest BCUT2D eigenvalue weighted by atomic mass is 10.1. The summed E-state index contributed by atoms with van der Waals surface area (Å²) >= 11 is 0. The molecule has 0 unspecified atom stereocenters. The minimum absolute atomic E-state index is 0.0959. The lowest BCUT2D eigenvalue weighted by molar-refractivity contribution is -0.274. The Balaban J connectivity index is 1.76. The first-order valence-corrected chi connectivity index (χ1v) is 9.31. The molecule has 1 amide bonds. The van der Waals surface area contributed by atoms with E-state index in [0.29, 0.717) is 35.5 Å². The largest absolute Gasteiger partial charge is 0.573 e. The maximum Gasteiger partial charge on any atom is 0.573 e. The van der Waals surface area contributed by atoms with Gasteiger partial charge in [-0.3, -0.25) is 4.79 Å². The molecule has 0 atom stereocenters. The third-order valence-corrected chi connectivity index (χ3v) is 4.75. The number of hydrogen-bond donors (Lipinski definition) is 2. The Labute approximate surface area is 174 Å². The summed E-state index contributed by atoms with van der Waals surface area (Å²) in [6.07, 6.45) is -2.48. The number of aromatic nitrogens is 3. The van der Waals surface area contributed by atoms with Crippen LogP contribution >= 0.6 is 0 Å². The van der Waals surface area contributed by atoms with Crippen molar-refractivity contribution in [3.05, 3.63) is 54.9 Å². The van der Waals surface area contributed by atoms with Crippen LogP contribution in [0.15, 0.2) is 49.2 Å². The van der Waals surface area contributed by atoms with Crippen LogP contribution < -0.4 is 15.0 Å². The van der Waals surface area contributed by atoms with Crippen molar-refractivity contribution in [1.29, 1.82) is 0 Å². The van der Waals surface area contributed by atoms with Crippen molar-refractivity contribution in [2.45, 2.75) is 19.0 Å². The first-order chi connectivity index (χ1) is 14.7. The van der Waals surface area contributed by atoms with Crippen LogP contribution in [-0.4, -0.2) is 51.3 Å². The van der Waals surface area contributed by atoms with Gasteiger partial charge in [0, 0.05) is 19.3 Å². The molecule has 0 aliphatic carbocycles. The number of hydrogen-bond acceptors (Lipinski definition) is 6. The summed E-state index contributed by atoms with van der Waals surface area (Å²) in [5.41, 5.74) is 2.24. The number of benzene rings is 1. The molecule has 1 fully saturated rings. The molecule has 3 aromatic rings. The molecule has 0 spiro atoms. The standard InChI is InChI=1S/C20H18F3N5O3/c1-2-17(30)25-9-15-18-16(27-10-13(29)11-27)7-8-24-19(18)28(26-15)12-3-5-14(6-4-12)31-20(21,22)23/h2-8,13,29H,1,9-11H2,(H,25,30). The van der Waals surface area contributed by atoms with Gasteiger partial charge in [0.1, 0.15) is 5.75 Å². The maximum atomic E-state index is 12.4. The maximum absolute atomic E-state index is 12.4. The number of aliphatic hydroxyl groups excluding tert-OH is 1. The van der Waals surface area contributed by atoms with Crippen LogP contribution in [0.5, 0.6) is 5.75 Å². The van der Waals surface area contributed by atoms with Gasteiger partial charge in [-0.2, -0.15) is 5.10 Å². The molecule has 1 aliphatic rings. The third kappa shape index (κ3) is 4.31. The number of alkyl halides is 3. The van der Waals surface area contributed by atoms with E-state index in [4.69, 9.17) is 0 Å². The lowest BCUT2D eigenvalue weighted by Gasteiger charge is -2.38.